The minimum Gasteiger partial charge on any atom is -0.462 e. The van der Waals surface area contributed by atoms with Crippen molar-refractivity contribution in [1.82, 2.24) is 14.5 Å². The van der Waals surface area contributed by atoms with Gasteiger partial charge >= 0.3 is 5.97 Å². The van der Waals surface area contributed by atoms with Crippen LogP contribution in [0.15, 0.2) is 17.2 Å². The van der Waals surface area contributed by atoms with Gasteiger partial charge in [-0.05, 0) is 31.4 Å². The lowest BCUT2D eigenvalue weighted by molar-refractivity contribution is 0.0524. The van der Waals surface area contributed by atoms with E-state index < -0.39 is 11.4 Å². The van der Waals surface area contributed by atoms with Gasteiger partial charge in [0.05, 0.1) is 12.0 Å². The van der Waals surface area contributed by atoms with Crippen LogP contribution in [-0.2, 0) is 4.74 Å². The topological polar surface area (TPSA) is 74.1 Å². The van der Waals surface area contributed by atoms with E-state index in [1.165, 1.54) is 12.4 Å². The van der Waals surface area contributed by atoms with Crippen molar-refractivity contribution in [2.75, 3.05) is 6.61 Å². The van der Waals surface area contributed by atoms with Crippen LogP contribution in [0.5, 0.6) is 0 Å². The molecular weight excluding hydrogens is 282 g/mol. The Labute approximate surface area is 119 Å². The van der Waals surface area contributed by atoms with Crippen LogP contribution in [0.1, 0.15) is 36.2 Å². The summed E-state index contributed by atoms with van der Waals surface area (Å²) in [5, 5.41) is 0.363. The predicted octanol–water partition coefficient (Wildman–Crippen LogP) is 1.96. The minimum atomic E-state index is -0.622. The first-order valence-corrected chi connectivity index (χ1v) is 6.74. The average molecular weight is 294 g/mol. The Morgan fingerprint density at radius 3 is 2.95 bits per heavy atom. The molecule has 0 amide bonds. The molecule has 1 aliphatic rings. The summed E-state index contributed by atoms with van der Waals surface area (Å²) in [6.07, 6.45) is 4.85. The molecule has 1 aliphatic carbocycles. The number of nitrogens with zero attached hydrogens (tertiary/aromatic N) is 3. The molecule has 0 aliphatic heterocycles. The number of halogens is 1. The number of hydrogen-bond acceptors (Lipinski definition) is 5. The van der Waals surface area contributed by atoms with Gasteiger partial charge in [-0.2, -0.15) is 4.98 Å². The Morgan fingerprint density at radius 2 is 2.30 bits per heavy atom. The minimum absolute atomic E-state index is 0.0113. The number of hydrogen-bond donors (Lipinski definition) is 0. The van der Waals surface area contributed by atoms with Crippen LogP contribution in [0, 0.1) is 0 Å². The fourth-order valence-corrected chi connectivity index (χ4v) is 2.23. The lowest BCUT2D eigenvalue weighted by atomic mass is 10.2. The number of ether oxygens (including phenoxy) is 1. The van der Waals surface area contributed by atoms with Crippen molar-refractivity contribution in [3.05, 3.63) is 33.5 Å². The molecule has 0 radical (unpaired) electrons. The zero-order valence-corrected chi connectivity index (χ0v) is 11.6. The van der Waals surface area contributed by atoms with Crippen LogP contribution in [0.4, 0.5) is 0 Å². The van der Waals surface area contributed by atoms with Crippen molar-refractivity contribution in [1.29, 1.82) is 0 Å². The smallest absolute Gasteiger partial charge is 0.343 e. The molecule has 20 heavy (non-hydrogen) atoms. The first-order valence-electron chi connectivity index (χ1n) is 6.36. The molecule has 2 aromatic heterocycles. The van der Waals surface area contributed by atoms with Crippen molar-refractivity contribution < 1.29 is 9.53 Å². The number of aromatic nitrogens is 3. The summed E-state index contributed by atoms with van der Waals surface area (Å²) in [5.41, 5.74) is 0.0507. The Bertz CT molecular complexity index is 752. The van der Waals surface area contributed by atoms with Gasteiger partial charge in [0, 0.05) is 18.4 Å². The average Bonchev–Trinajstić information content (AvgIpc) is 3.23. The van der Waals surface area contributed by atoms with Gasteiger partial charge in [0.25, 0.3) is 0 Å². The molecule has 0 N–H and O–H groups in total. The van der Waals surface area contributed by atoms with Crippen molar-refractivity contribution >= 4 is 28.6 Å². The molecule has 1 saturated carbocycles. The van der Waals surface area contributed by atoms with Crippen LogP contribution in [0.2, 0.25) is 5.28 Å². The maximum absolute atomic E-state index is 12.3. The van der Waals surface area contributed by atoms with Gasteiger partial charge in [-0.3, -0.25) is 4.79 Å². The molecule has 7 heteroatoms. The van der Waals surface area contributed by atoms with Gasteiger partial charge in [0.1, 0.15) is 11.2 Å². The van der Waals surface area contributed by atoms with E-state index >= 15 is 0 Å². The molecule has 0 aromatic carbocycles. The molecule has 0 unspecified atom stereocenters. The normalized spacial score (nSPS) is 14.5. The zero-order chi connectivity index (χ0) is 14.3. The third kappa shape index (κ3) is 2.16. The molecule has 6 nitrogen and oxygen atoms in total. The Hall–Kier alpha value is -1.95. The fourth-order valence-electron chi connectivity index (χ4n) is 2.10. The Balaban J connectivity index is 2.28. The van der Waals surface area contributed by atoms with E-state index in [0.717, 1.165) is 12.8 Å². The molecule has 2 heterocycles. The van der Waals surface area contributed by atoms with Crippen LogP contribution in [-0.4, -0.2) is 27.1 Å². The Kier molecular flexibility index (Phi) is 3.17. The highest BCUT2D eigenvalue weighted by Crippen LogP contribution is 2.36. The molecule has 0 atom stereocenters. The second-order valence-electron chi connectivity index (χ2n) is 4.61. The molecule has 0 bridgehead atoms. The van der Waals surface area contributed by atoms with E-state index in [0.29, 0.717) is 5.65 Å². The van der Waals surface area contributed by atoms with E-state index in [9.17, 15) is 9.59 Å². The van der Waals surface area contributed by atoms with Crippen molar-refractivity contribution in [3.8, 4) is 0 Å². The lowest BCUT2D eigenvalue weighted by Gasteiger charge is -2.11. The molecule has 3 rings (SSSR count). The van der Waals surface area contributed by atoms with E-state index in [1.54, 1.807) is 6.92 Å². The van der Waals surface area contributed by atoms with Crippen LogP contribution in [0.25, 0.3) is 11.0 Å². The maximum Gasteiger partial charge on any atom is 0.343 e. The third-order valence-corrected chi connectivity index (χ3v) is 3.36. The highest BCUT2D eigenvalue weighted by Gasteiger charge is 2.28. The standard InChI is InChI=1S/C13H12ClN3O3/c1-2-20-12(19)9-6-17(7-3-4-7)11-8(10(9)18)5-15-13(14)16-11/h5-7H,2-4H2,1H3. The van der Waals surface area contributed by atoms with Crippen molar-refractivity contribution in [2.24, 2.45) is 0 Å². The van der Waals surface area contributed by atoms with Gasteiger partial charge in [-0.1, -0.05) is 0 Å². The largest absolute Gasteiger partial charge is 0.462 e. The van der Waals surface area contributed by atoms with Crippen LogP contribution >= 0.6 is 11.6 Å². The molecule has 0 spiro atoms. The SMILES string of the molecule is CCOC(=O)c1cn(C2CC2)c2nc(Cl)ncc2c1=O. The predicted molar refractivity (Wildman–Crippen MR) is 73.0 cm³/mol. The summed E-state index contributed by atoms with van der Waals surface area (Å²) in [5.74, 6) is -0.622. The van der Waals surface area contributed by atoms with E-state index in [1.807, 2.05) is 4.57 Å². The maximum atomic E-state index is 12.3. The van der Waals surface area contributed by atoms with Gasteiger partial charge < -0.3 is 9.30 Å². The highest BCUT2D eigenvalue weighted by atomic mass is 35.5. The number of carbonyl (C=O) groups is 1. The number of fused-ring (bicyclic) bond motifs is 1. The molecular formula is C13H12ClN3O3. The van der Waals surface area contributed by atoms with E-state index in [2.05, 4.69) is 9.97 Å². The van der Waals surface area contributed by atoms with Crippen molar-refractivity contribution in [2.45, 2.75) is 25.8 Å². The highest BCUT2D eigenvalue weighted by molar-refractivity contribution is 6.28. The summed E-state index contributed by atoms with van der Waals surface area (Å²) in [6, 6.07) is 0.247. The van der Waals surface area contributed by atoms with Crippen LogP contribution in [0.3, 0.4) is 0 Å². The molecule has 1 fully saturated rings. The van der Waals surface area contributed by atoms with Crippen LogP contribution < -0.4 is 5.43 Å². The van der Waals surface area contributed by atoms with E-state index in [-0.39, 0.29) is 28.9 Å². The van der Waals surface area contributed by atoms with Gasteiger partial charge in [-0.15, -0.1) is 0 Å². The molecule has 104 valence electrons. The fraction of sp³-hybridized carbons (Fsp3) is 0.385. The zero-order valence-electron chi connectivity index (χ0n) is 10.8. The number of rotatable bonds is 3. The first kappa shape index (κ1) is 13.1. The Morgan fingerprint density at radius 1 is 1.55 bits per heavy atom. The number of carbonyl (C=O) groups excluding carboxylic acids is 1. The van der Waals surface area contributed by atoms with Crippen molar-refractivity contribution in [3.63, 3.8) is 0 Å². The monoisotopic (exact) mass is 293 g/mol. The second kappa shape index (κ2) is 4.86. The molecule has 2 aromatic rings. The van der Waals surface area contributed by atoms with Gasteiger partial charge in [0.15, 0.2) is 0 Å². The van der Waals surface area contributed by atoms with E-state index in [4.69, 9.17) is 16.3 Å². The lowest BCUT2D eigenvalue weighted by Crippen LogP contribution is -2.21. The summed E-state index contributed by atoms with van der Waals surface area (Å²) in [4.78, 5) is 32.1. The quantitative estimate of drug-likeness (QED) is 0.639. The second-order valence-corrected chi connectivity index (χ2v) is 4.95. The summed E-state index contributed by atoms with van der Waals surface area (Å²) in [6.45, 7) is 1.91. The molecule has 0 saturated heterocycles. The number of pyridine rings is 1. The van der Waals surface area contributed by atoms with Gasteiger partial charge in [-0.25, -0.2) is 9.78 Å². The summed E-state index contributed by atoms with van der Waals surface area (Å²) < 4.78 is 6.73. The number of esters is 1. The first-order chi connectivity index (χ1) is 9.61. The van der Waals surface area contributed by atoms with Gasteiger partial charge in [0.2, 0.25) is 10.7 Å². The summed E-state index contributed by atoms with van der Waals surface area (Å²) >= 11 is 5.79. The summed E-state index contributed by atoms with van der Waals surface area (Å²) in [7, 11) is 0. The third-order valence-electron chi connectivity index (χ3n) is 3.18.